The van der Waals surface area contributed by atoms with Crippen LogP contribution < -0.4 is 21.5 Å². The van der Waals surface area contributed by atoms with Gasteiger partial charge in [0.05, 0.1) is 0 Å². The monoisotopic (exact) mass is 290 g/mol. The Bertz CT molecular complexity index is 557. The lowest BCUT2D eigenvalue weighted by molar-refractivity contribution is -0.123. The van der Waals surface area contributed by atoms with Crippen LogP contribution in [0.5, 0.6) is 0 Å². The van der Waals surface area contributed by atoms with E-state index in [4.69, 9.17) is 10.8 Å². The lowest BCUT2D eigenvalue weighted by atomic mass is 10.1. The first kappa shape index (κ1) is 14.1. The van der Waals surface area contributed by atoms with E-state index in [9.17, 15) is 4.79 Å². The molecule has 1 atom stereocenters. The summed E-state index contributed by atoms with van der Waals surface area (Å²) in [6.45, 7) is 5.36. The topological polar surface area (TPSA) is 96.2 Å². The number of nitrogens with zero attached hydrogens (tertiary/aromatic N) is 3. The molecule has 0 spiro atoms. The van der Waals surface area contributed by atoms with Gasteiger partial charge in [0.25, 0.3) is 0 Å². The molecular weight excluding hydrogens is 268 g/mol. The van der Waals surface area contributed by atoms with Crippen LogP contribution in [-0.4, -0.2) is 35.0 Å². The van der Waals surface area contributed by atoms with Crippen molar-refractivity contribution in [1.29, 1.82) is 0 Å². The largest absolute Gasteiger partial charge is 0.353 e. The van der Waals surface area contributed by atoms with Crippen LogP contribution in [-0.2, 0) is 4.79 Å². The van der Waals surface area contributed by atoms with E-state index in [1.54, 1.807) is 0 Å². The quantitative estimate of drug-likeness (QED) is 0.557. The fraction of sp³-hybridized carbons (Fsp3) is 0.643. The van der Waals surface area contributed by atoms with Gasteiger partial charge in [0, 0.05) is 24.6 Å². The minimum atomic E-state index is -0.176. The van der Waals surface area contributed by atoms with Gasteiger partial charge in [0.15, 0.2) is 0 Å². The molecule has 1 aromatic heterocycles. The first-order valence-electron chi connectivity index (χ1n) is 7.55. The smallest absolute Gasteiger partial charge is 0.242 e. The Morgan fingerprint density at radius 2 is 2.19 bits per heavy atom. The summed E-state index contributed by atoms with van der Waals surface area (Å²) >= 11 is 0. The molecule has 0 bridgehead atoms. The summed E-state index contributed by atoms with van der Waals surface area (Å²) in [4.78, 5) is 23.4. The third-order valence-electron chi connectivity index (χ3n) is 4.21. The molecule has 21 heavy (non-hydrogen) atoms. The van der Waals surface area contributed by atoms with Gasteiger partial charge < -0.3 is 15.6 Å². The van der Waals surface area contributed by atoms with Crippen molar-refractivity contribution in [2.45, 2.75) is 45.1 Å². The molecule has 3 rings (SSSR count). The molecule has 1 saturated carbocycles. The van der Waals surface area contributed by atoms with Crippen LogP contribution in [0.25, 0.3) is 0 Å². The average Bonchev–Trinajstić information content (AvgIpc) is 3.32. The molecule has 1 aliphatic heterocycles. The first-order chi connectivity index (χ1) is 10.2. The second-order valence-electron chi connectivity index (χ2n) is 5.71. The number of hydrogen-bond donors (Lipinski definition) is 3. The van der Waals surface area contributed by atoms with Crippen molar-refractivity contribution in [2.24, 2.45) is 5.84 Å². The van der Waals surface area contributed by atoms with Gasteiger partial charge in [-0.2, -0.15) is 0 Å². The number of amides is 1. The zero-order chi connectivity index (χ0) is 15.0. The van der Waals surface area contributed by atoms with E-state index in [1.165, 1.54) is 0 Å². The van der Waals surface area contributed by atoms with Crippen LogP contribution >= 0.6 is 0 Å². The van der Waals surface area contributed by atoms with Crippen LogP contribution in [0.2, 0.25) is 0 Å². The van der Waals surface area contributed by atoms with Gasteiger partial charge in [-0.25, -0.2) is 15.8 Å². The maximum Gasteiger partial charge on any atom is 0.242 e. The Hall–Kier alpha value is -1.89. The minimum absolute atomic E-state index is 0.0667. The summed E-state index contributed by atoms with van der Waals surface area (Å²) in [5.41, 5.74) is 3.56. The summed E-state index contributed by atoms with van der Waals surface area (Å²) < 4.78 is 0. The number of rotatable bonds is 4. The standard InChI is InChI=1S/C14H22N6O/c1-3-10-14(21)16-6-7-20(10)13-8(2)11(19-15)17-12(18-13)9-4-5-9/h9-10H,3-7,15H2,1-2H3,(H,16,21)(H,17,18,19). The number of carbonyl (C=O) groups excluding carboxylic acids is 1. The number of piperazine rings is 1. The second kappa shape index (κ2) is 5.48. The van der Waals surface area contributed by atoms with E-state index in [2.05, 4.69) is 20.6 Å². The van der Waals surface area contributed by atoms with Gasteiger partial charge in [0.1, 0.15) is 23.5 Å². The van der Waals surface area contributed by atoms with E-state index >= 15 is 0 Å². The highest BCUT2D eigenvalue weighted by atomic mass is 16.2. The number of nitrogen functional groups attached to an aromatic ring is 1. The third kappa shape index (κ3) is 2.53. The summed E-state index contributed by atoms with van der Waals surface area (Å²) in [6, 6.07) is -0.176. The predicted molar refractivity (Wildman–Crippen MR) is 81.0 cm³/mol. The third-order valence-corrected chi connectivity index (χ3v) is 4.21. The Labute approximate surface area is 124 Å². The average molecular weight is 290 g/mol. The SMILES string of the molecule is CCC1C(=O)NCCN1c1nc(C2CC2)nc(NN)c1C. The molecule has 4 N–H and O–H groups in total. The molecule has 114 valence electrons. The van der Waals surface area contributed by atoms with E-state index in [-0.39, 0.29) is 11.9 Å². The minimum Gasteiger partial charge on any atom is -0.353 e. The fourth-order valence-electron chi connectivity index (χ4n) is 2.84. The second-order valence-corrected chi connectivity index (χ2v) is 5.71. The summed E-state index contributed by atoms with van der Waals surface area (Å²) in [5, 5.41) is 2.92. The van der Waals surface area contributed by atoms with Crippen LogP contribution in [0, 0.1) is 6.92 Å². The zero-order valence-electron chi connectivity index (χ0n) is 12.5. The predicted octanol–water partition coefficient (Wildman–Crippen LogP) is 0.663. The highest BCUT2D eigenvalue weighted by molar-refractivity contribution is 5.86. The lowest BCUT2D eigenvalue weighted by Gasteiger charge is -2.36. The fourth-order valence-corrected chi connectivity index (χ4v) is 2.84. The molecule has 2 fully saturated rings. The molecule has 1 saturated heterocycles. The molecule has 2 aliphatic rings. The van der Waals surface area contributed by atoms with Crippen molar-refractivity contribution < 1.29 is 4.79 Å². The van der Waals surface area contributed by atoms with Crippen LogP contribution in [0.1, 0.15) is 43.5 Å². The number of nitrogens with two attached hydrogens (primary N) is 1. The van der Waals surface area contributed by atoms with Crippen LogP contribution in [0.15, 0.2) is 0 Å². The molecule has 7 nitrogen and oxygen atoms in total. The number of nitrogens with one attached hydrogen (secondary N) is 2. The first-order valence-corrected chi connectivity index (χ1v) is 7.55. The van der Waals surface area contributed by atoms with Gasteiger partial charge in [-0.05, 0) is 26.2 Å². The Morgan fingerprint density at radius 3 is 2.81 bits per heavy atom. The van der Waals surface area contributed by atoms with E-state index in [1.807, 2.05) is 13.8 Å². The van der Waals surface area contributed by atoms with Crippen LogP contribution in [0.4, 0.5) is 11.6 Å². The number of aromatic nitrogens is 2. The number of carbonyl (C=O) groups is 1. The Balaban J connectivity index is 2.02. The Morgan fingerprint density at radius 1 is 1.43 bits per heavy atom. The van der Waals surface area contributed by atoms with E-state index in [0.717, 1.165) is 43.0 Å². The molecule has 1 aliphatic carbocycles. The molecule has 2 heterocycles. The zero-order valence-corrected chi connectivity index (χ0v) is 12.5. The van der Waals surface area contributed by atoms with Gasteiger partial charge >= 0.3 is 0 Å². The summed E-state index contributed by atoms with van der Waals surface area (Å²) in [5.74, 6) is 8.43. The van der Waals surface area contributed by atoms with Crippen LogP contribution in [0.3, 0.4) is 0 Å². The summed E-state index contributed by atoms with van der Waals surface area (Å²) in [6.07, 6.45) is 3.01. The van der Waals surface area contributed by atoms with Gasteiger partial charge in [-0.1, -0.05) is 6.92 Å². The lowest BCUT2D eigenvalue weighted by Crippen LogP contribution is -2.55. The molecule has 0 radical (unpaired) electrons. The molecule has 7 heteroatoms. The van der Waals surface area contributed by atoms with Crippen molar-refractivity contribution in [3.63, 3.8) is 0 Å². The molecule has 1 aromatic rings. The number of hydrogen-bond acceptors (Lipinski definition) is 6. The highest BCUT2D eigenvalue weighted by Crippen LogP contribution is 2.40. The maximum absolute atomic E-state index is 12.1. The van der Waals surface area contributed by atoms with Crippen molar-refractivity contribution in [2.75, 3.05) is 23.4 Å². The van der Waals surface area contributed by atoms with Gasteiger partial charge in [-0.3, -0.25) is 4.79 Å². The van der Waals surface area contributed by atoms with Crippen molar-refractivity contribution in [3.8, 4) is 0 Å². The molecule has 0 aromatic carbocycles. The van der Waals surface area contributed by atoms with Crippen molar-refractivity contribution in [3.05, 3.63) is 11.4 Å². The van der Waals surface area contributed by atoms with E-state index < -0.39 is 0 Å². The highest BCUT2D eigenvalue weighted by Gasteiger charge is 2.33. The van der Waals surface area contributed by atoms with Crippen molar-refractivity contribution >= 4 is 17.5 Å². The van der Waals surface area contributed by atoms with E-state index in [0.29, 0.717) is 18.3 Å². The molecule has 1 amide bonds. The summed E-state index contributed by atoms with van der Waals surface area (Å²) in [7, 11) is 0. The van der Waals surface area contributed by atoms with Crippen molar-refractivity contribution in [1.82, 2.24) is 15.3 Å². The van der Waals surface area contributed by atoms with Gasteiger partial charge in [0.2, 0.25) is 5.91 Å². The maximum atomic E-state index is 12.1. The normalized spacial score (nSPS) is 22.1. The number of hydrazine groups is 1. The Kier molecular flexibility index (Phi) is 3.67. The molecular formula is C14H22N6O. The van der Waals surface area contributed by atoms with Gasteiger partial charge in [-0.15, -0.1) is 0 Å². The number of anilines is 2. The molecule has 1 unspecified atom stereocenters.